The maximum absolute atomic E-state index is 11.8. The number of rotatable bonds is 8. The summed E-state index contributed by atoms with van der Waals surface area (Å²) >= 11 is 0. The smallest absolute Gasteiger partial charge is 0.239 e. The van der Waals surface area contributed by atoms with Crippen LogP contribution in [-0.4, -0.2) is 42.5 Å². The van der Waals surface area contributed by atoms with Crippen LogP contribution in [0.5, 0.6) is 0 Å². The Labute approximate surface area is 99.6 Å². The highest BCUT2D eigenvalue weighted by Crippen LogP contribution is 2.07. The summed E-state index contributed by atoms with van der Waals surface area (Å²) in [7, 11) is 0. The van der Waals surface area contributed by atoms with Crippen molar-refractivity contribution in [1.29, 1.82) is 0 Å². The van der Waals surface area contributed by atoms with Gasteiger partial charge in [-0.1, -0.05) is 27.2 Å². The molecule has 0 aromatic carbocycles. The van der Waals surface area contributed by atoms with Crippen LogP contribution in [0.15, 0.2) is 0 Å². The van der Waals surface area contributed by atoms with E-state index in [1.165, 1.54) is 0 Å². The van der Waals surface area contributed by atoms with Gasteiger partial charge in [0.15, 0.2) is 0 Å². The van der Waals surface area contributed by atoms with E-state index in [0.29, 0.717) is 6.54 Å². The summed E-state index contributed by atoms with van der Waals surface area (Å²) in [5.41, 5.74) is 5.20. The lowest BCUT2D eigenvalue weighted by Crippen LogP contribution is -2.52. The van der Waals surface area contributed by atoms with E-state index in [1.54, 1.807) is 6.92 Å². The molecule has 0 rings (SSSR count). The van der Waals surface area contributed by atoms with Gasteiger partial charge in [-0.3, -0.25) is 4.79 Å². The van der Waals surface area contributed by atoms with Crippen LogP contribution >= 0.6 is 0 Å². The van der Waals surface area contributed by atoms with Gasteiger partial charge >= 0.3 is 0 Å². The van der Waals surface area contributed by atoms with E-state index in [0.717, 1.165) is 32.5 Å². The number of nitrogens with zero attached hydrogens (tertiary/aromatic N) is 1. The lowest BCUT2D eigenvalue weighted by atomic mass is 9.97. The lowest BCUT2D eigenvalue weighted by Gasteiger charge is -2.24. The van der Waals surface area contributed by atoms with Gasteiger partial charge in [0.25, 0.3) is 0 Å². The van der Waals surface area contributed by atoms with Crippen molar-refractivity contribution < 1.29 is 4.79 Å². The largest absolute Gasteiger partial charge is 0.353 e. The van der Waals surface area contributed by atoms with Gasteiger partial charge in [0.1, 0.15) is 0 Å². The van der Waals surface area contributed by atoms with Gasteiger partial charge in [-0.05, 0) is 26.4 Å². The van der Waals surface area contributed by atoms with Gasteiger partial charge in [0, 0.05) is 13.1 Å². The number of hydrogen-bond acceptors (Lipinski definition) is 3. The maximum Gasteiger partial charge on any atom is 0.239 e. The average molecular weight is 229 g/mol. The predicted molar refractivity (Wildman–Crippen MR) is 68.3 cm³/mol. The summed E-state index contributed by atoms with van der Waals surface area (Å²) in [6, 6.07) is 0. The van der Waals surface area contributed by atoms with Crippen molar-refractivity contribution in [2.45, 2.75) is 46.1 Å². The fraction of sp³-hybridized carbons (Fsp3) is 0.917. The number of carbonyl (C=O) groups excluding carboxylic acids is 1. The zero-order valence-corrected chi connectivity index (χ0v) is 11.2. The monoisotopic (exact) mass is 229 g/mol. The van der Waals surface area contributed by atoms with Crippen molar-refractivity contribution >= 4 is 5.91 Å². The molecular formula is C12H27N3O. The molecule has 1 amide bonds. The highest BCUT2D eigenvalue weighted by Gasteiger charge is 2.26. The van der Waals surface area contributed by atoms with Crippen LogP contribution in [0.4, 0.5) is 0 Å². The van der Waals surface area contributed by atoms with E-state index in [4.69, 9.17) is 5.73 Å². The van der Waals surface area contributed by atoms with Crippen LogP contribution in [0.3, 0.4) is 0 Å². The number of hydrogen-bond donors (Lipinski definition) is 2. The van der Waals surface area contributed by atoms with Crippen molar-refractivity contribution in [3.8, 4) is 0 Å². The van der Waals surface area contributed by atoms with E-state index < -0.39 is 5.54 Å². The minimum absolute atomic E-state index is 0.0403. The molecule has 4 heteroatoms. The highest BCUT2D eigenvalue weighted by atomic mass is 16.2. The van der Waals surface area contributed by atoms with Crippen LogP contribution in [-0.2, 0) is 4.79 Å². The molecule has 0 aliphatic carbocycles. The second kappa shape index (κ2) is 7.63. The molecule has 0 bridgehead atoms. The van der Waals surface area contributed by atoms with Crippen LogP contribution < -0.4 is 11.1 Å². The fourth-order valence-electron chi connectivity index (χ4n) is 1.70. The van der Waals surface area contributed by atoms with Gasteiger partial charge in [0.2, 0.25) is 5.91 Å². The molecule has 4 nitrogen and oxygen atoms in total. The van der Waals surface area contributed by atoms with Crippen molar-refractivity contribution in [3.63, 3.8) is 0 Å². The van der Waals surface area contributed by atoms with Crippen LogP contribution in [0.2, 0.25) is 0 Å². The van der Waals surface area contributed by atoms with Gasteiger partial charge in [-0.2, -0.15) is 0 Å². The Morgan fingerprint density at radius 2 is 1.88 bits per heavy atom. The molecule has 0 spiro atoms. The average Bonchev–Trinajstić information content (AvgIpc) is 2.24. The third-order valence-corrected chi connectivity index (χ3v) is 2.90. The quantitative estimate of drug-likeness (QED) is 0.652. The standard InChI is InChI=1S/C12H27N3O/c1-5-8-12(4,13)11(16)14-9-10-15(6-2)7-3/h5-10,13H2,1-4H3,(H,14,16). The Bertz CT molecular complexity index is 200. The minimum Gasteiger partial charge on any atom is -0.353 e. The van der Waals surface area contributed by atoms with Crippen LogP contribution in [0.25, 0.3) is 0 Å². The summed E-state index contributed by atoms with van der Waals surface area (Å²) < 4.78 is 0. The Balaban J connectivity index is 3.89. The van der Waals surface area contributed by atoms with Crippen molar-refractivity contribution in [2.75, 3.05) is 26.2 Å². The minimum atomic E-state index is -0.724. The summed E-state index contributed by atoms with van der Waals surface area (Å²) in [5, 5.41) is 2.90. The maximum atomic E-state index is 11.8. The molecule has 0 aliphatic rings. The van der Waals surface area contributed by atoms with Crippen LogP contribution in [0, 0.1) is 0 Å². The zero-order chi connectivity index (χ0) is 12.6. The normalized spacial score (nSPS) is 14.9. The molecule has 16 heavy (non-hydrogen) atoms. The van der Waals surface area contributed by atoms with Crippen molar-refractivity contribution in [1.82, 2.24) is 10.2 Å². The molecule has 0 fully saturated rings. The topological polar surface area (TPSA) is 58.4 Å². The Morgan fingerprint density at radius 3 is 2.31 bits per heavy atom. The second-order valence-corrected chi connectivity index (χ2v) is 4.45. The molecule has 1 unspecified atom stereocenters. The first-order valence-electron chi connectivity index (χ1n) is 6.27. The molecule has 0 aromatic rings. The number of nitrogens with two attached hydrogens (primary N) is 1. The van der Waals surface area contributed by atoms with E-state index in [9.17, 15) is 4.79 Å². The SMILES string of the molecule is CCCC(C)(N)C(=O)NCCN(CC)CC. The number of nitrogens with one attached hydrogen (secondary N) is 1. The summed E-state index contributed by atoms with van der Waals surface area (Å²) in [5.74, 6) is -0.0403. The summed E-state index contributed by atoms with van der Waals surface area (Å²) in [6.45, 7) is 11.7. The number of likely N-dealkylation sites (N-methyl/N-ethyl adjacent to an activating group) is 1. The van der Waals surface area contributed by atoms with Crippen LogP contribution in [0.1, 0.15) is 40.5 Å². The van der Waals surface area contributed by atoms with Crippen molar-refractivity contribution in [3.05, 3.63) is 0 Å². The molecule has 0 aromatic heterocycles. The Hall–Kier alpha value is -0.610. The molecule has 0 saturated heterocycles. The Morgan fingerprint density at radius 1 is 1.31 bits per heavy atom. The fourth-order valence-corrected chi connectivity index (χ4v) is 1.70. The van der Waals surface area contributed by atoms with Crippen molar-refractivity contribution in [2.24, 2.45) is 5.73 Å². The number of amides is 1. The first kappa shape index (κ1) is 15.4. The predicted octanol–water partition coefficient (Wildman–Crippen LogP) is 0.962. The van der Waals surface area contributed by atoms with E-state index >= 15 is 0 Å². The highest BCUT2D eigenvalue weighted by molar-refractivity contribution is 5.85. The molecule has 0 aliphatic heterocycles. The number of carbonyl (C=O) groups is 1. The molecule has 3 N–H and O–H groups in total. The molecule has 0 saturated carbocycles. The third kappa shape index (κ3) is 5.47. The second-order valence-electron chi connectivity index (χ2n) is 4.45. The third-order valence-electron chi connectivity index (χ3n) is 2.90. The first-order chi connectivity index (χ1) is 7.47. The lowest BCUT2D eigenvalue weighted by molar-refractivity contribution is -0.126. The Kier molecular flexibility index (Phi) is 7.34. The van der Waals surface area contributed by atoms with Gasteiger partial charge in [-0.15, -0.1) is 0 Å². The zero-order valence-electron chi connectivity index (χ0n) is 11.2. The van der Waals surface area contributed by atoms with E-state index in [1.807, 2.05) is 6.92 Å². The molecule has 0 heterocycles. The van der Waals surface area contributed by atoms with Gasteiger partial charge in [0.05, 0.1) is 5.54 Å². The molecule has 96 valence electrons. The first-order valence-corrected chi connectivity index (χ1v) is 6.27. The van der Waals surface area contributed by atoms with E-state index in [-0.39, 0.29) is 5.91 Å². The van der Waals surface area contributed by atoms with Gasteiger partial charge in [-0.25, -0.2) is 0 Å². The summed E-state index contributed by atoms with van der Waals surface area (Å²) in [6.07, 6.45) is 1.65. The van der Waals surface area contributed by atoms with Gasteiger partial charge < -0.3 is 16.0 Å². The molecule has 1 atom stereocenters. The molecule has 0 radical (unpaired) electrons. The summed E-state index contributed by atoms with van der Waals surface area (Å²) in [4.78, 5) is 14.0. The van der Waals surface area contributed by atoms with E-state index in [2.05, 4.69) is 24.1 Å². The molecular weight excluding hydrogens is 202 g/mol.